The van der Waals surface area contributed by atoms with Crippen LogP contribution in [0.5, 0.6) is 17.4 Å². The van der Waals surface area contributed by atoms with Gasteiger partial charge in [0.2, 0.25) is 5.88 Å². The molecule has 194 valence electrons. The van der Waals surface area contributed by atoms with Gasteiger partial charge in [0.25, 0.3) is 5.91 Å². The first kappa shape index (κ1) is 25.9. The largest absolute Gasteiger partial charge is 0.490 e. The lowest BCUT2D eigenvalue weighted by Gasteiger charge is -2.35. The molecule has 37 heavy (non-hydrogen) atoms. The third kappa shape index (κ3) is 5.80. The van der Waals surface area contributed by atoms with Gasteiger partial charge in [-0.05, 0) is 54.3 Å². The lowest BCUT2D eigenvalue weighted by atomic mass is 9.70. The summed E-state index contributed by atoms with van der Waals surface area (Å²) < 4.78 is 11.8. The number of nitrogens with zero attached hydrogens (tertiary/aromatic N) is 2. The van der Waals surface area contributed by atoms with E-state index < -0.39 is 12.0 Å². The molecule has 4 N–H and O–H groups in total. The molecule has 0 atom stereocenters. The van der Waals surface area contributed by atoms with Gasteiger partial charge in [-0.15, -0.1) is 10.2 Å². The number of hydrogen-bond donors (Lipinski definition) is 4. The van der Waals surface area contributed by atoms with Crippen LogP contribution in [0.4, 0.5) is 4.79 Å². The first-order valence-corrected chi connectivity index (χ1v) is 12.2. The molecule has 1 aromatic heterocycles. The molecule has 1 aliphatic carbocycles. The van der Waals surface area contributed by atoms with Crippen molar-refractivity contribution in [3.05, 3.63) is 77.5 Å². The Labute approximate surface area is 214 Å². The van der Waals surface area contributed by atoms with Crippen molar-refractivity contribution in [2.24, 2.45) is 0 Å². The zero-order chi connectivity index (χ0) is 26.4. The second-order valence-electron chi connectivity index (χ2n) is 9.00. The minimum Gasteiger partial charge on any atom is -0.490 e. The van der Waals surface area contributed by atoms with E-state index in [0.29, 0.717) is 18.6 Å². The molecule has 1 saturated carbocycles. The molecule has 10 heteroatoms. The van der Waals surface area contributed by atoms with Gasteiger partial charge in [0.15, 0.2) is 5.69 Å². The molecule has 3 aromatic rings. The van der Waals surface area contributed by atoms with Gasteiger partial charge < -0.3 is 19.9 Å². The Hall–Kier alpha value is -4.18. The zero-order valence-electron chi connectivity index (χ0n) is 20.7. The van der Waals surface area contributed by atoms with Crippen molar-refractivity contribution in [1.29, 1.82) is 0 Å². The highest BCUT2D eigenvalue weighted by Crippen LogP contribution is 2.40. The molecule has 0 radical (unpaired) electrons. The molecule has 0 saturated heterocycles. The zero-order valence-corrected chi connectivity index (χ0v) is 20.7. The summed E-state index contributed by atoms with van der Waals surface area (Å²) in [6.07, 6.45) is 2.16. The molecule has 10 nitrogen and oxygen atoms in total. The van der Waals surface area contributed by atoms with E-state index in [0.717, 1.165) is 24.2 Å². The SMILES string of the molecule is CCC(CC)(c1ccc(Oc2ccc(C(=O)NO)nn2)cc1)c1ccc(OC2CC(NC(=O)O)C2)cc1. The van der Waals surface area contributed by atoms with Crippen molar-refractivity contribution in [3.8, 4) is 17.4 Å². The van der Waals surface area contributed by atoms with Crippen molar-refractivity contribution in [2.75, 3.05) is 0 Å². The number of ether oxygens (including phenoxy) is 2. The molecule has 0 spiro atoms. The molecule has 1 fully saturated rings. The van der Waals surface area contributed by atoms with E-state index in [9.17, 15) is 9.59 Å². The fourth-order valence-electron chi connectivity index (χ4n) is 4.75. The Morgan fingerprint density at radius 2 is 1.51 bits per heavy atom. The van der Waals surface area contributed by atoms with E-state index in [-0.39, 0.29) is 29.1 Å². The third-order valence-corrected chi connectivity index (χ3v) is 6.94. The van der Waals surface area contributed by atoms with Crippen LogP contribution < -0.4 is 20.3 Å². The lowest BCUT2D eigenvalue weighted by molar-refractivity contribution is 0.0699. The summed E-state index contributed by atoms with van der Waals surface area (Å²) in [5.74, 6) is 0.837. The minimum absolute atomic E-state index is 0.0186. The molecule has 1 heterocycles. The molecular formula is C27H30N4O6. The highest BCUT2D eigenvalue weighted by molar-refractivity contribution is 5.91. The van der Waals surface area contributed by atoms with E-state index in [1.807, 2.05) is 36.4 Å². The van der Waals surface area contributed by atoms with Gasteiger partial charge in [-0.3, -0.25) is 10.0 Å². The summed E-state index contributed by atoms with van der Waals surface area (Å²) >= 11 is 0. The summed E-state index contributed by atoms with van der Waals surface area (Å²) in [6.45, 7) is 4.34. The van der Waals surface area contributed by atoms with Crippen molar-refractivity contribution < 1.29 is 29.4 Å². The van der Waals surface area contributed by atoms with Crippen LogP contribution in [0.2, 0.25) is 0 Å². The number of amides is 2. The molecule has 4 rings (SSSR count). The normalized spacial score (nSPS) is 16.8. The topological polar surface area (TPSA) is 143 Å². The van der Waals surface area contributed by atoms with Gasteiger partial charge in [-0.2, -0.15) is 0 Å². The van der Waals surface area contributed by atoms with Crippen LogP contribution in [0.25, 0.3) is 0 Å². The lowest BCUT2D eigenvalue weighted by Crippen LogP contribution is -2.48. The maximum atomic E-state index is 11.4. The Balaban J connectivity index is 1.43. The number of carbonyl (C=O) groups excluding carboxylic acids is 1. The average Bonchev–Trinajstić information content (AvgIpc) is 2.90. The van der Waals surface area contributed by atoms with Gasteiger partial charge in [0.05, 0.1) is 0 Å². The van der Waals surface area contributed by atoms with Crippen LogP contribution in [0.15, 0.2) is 60.7 Å². The van der Waals surface area contributed by atoms with E-state index in [2.05, 4.69) is 41.5 Å². The molecular weight excluding hydrogens is 476 g/mol. The van der Waals surface area contributed by atoms with E-state index >= 15 is 0 Å². The van der Waals surface area contributed by atoms with Crippen LogP contribution in [-0.2, 0) is 5.41 Å². The first-order chi connectivity index (χ1) is 17.9. The van der Waals surface area contributed by atoms with Gasteiger partial charge in [0.1, 0.15) is 17.6 Å². The Bertz CT molecular complexity index is 1210. The maximum Gasteiger partial charge on any atom is 0.404 e. The van der Waals surface area contributed by atoms with E-state index in [4.69, 9.17) is 19.8 Å². The highest BCUT2D eigenvalue weighted by Gasteiger charge is 2.33. The number of carbonyl (C=O) groups is 2. The van der Waals surface area contributed by atoms with Crippen LogP contribution in [0.1, 0.15) is 61.1 Å². The molecule has 0 aliphatic heterocycles. The van der Waals surface area contributed by atoms with Gasteiger partial charge in [-0.1, -0.05) is 38.1 Å². The van der Waals surface area contributed by atoms with Crippen LogP contribution in [0.3, 0.4) is 0 Å². The van der Waals surface area contributed by atoms with Gasteiger partial charge in [-0.25, -0.2) is 10.3 Å². The summed E-state index contributed by atoms with van der Waals surface area (Å²) in [5, 5.41) is 27.6. The highest BCUT2D eigenvalue weighted by atomic mass is 16.5. The van der Waals surface area contributed by atoms with E-state index in [1.54, 1.807) is 0 Å². The molecule has 0 bridgehead atoms. The number of rotatable bonds is 10. The summed E-state index contributed by atoms with van der Waals surface area (Å²) in [5.41, 5.74) is 3.63. The number of hydroxylamine groups is 1. The summed E-state index contributed by atoms with van der Waals surface area (Å²) in [6, 6.07) is 18.8. The second kappa shape index (κ2) is 11.3. The number of aromatic nitrogens is 2. The average molecular weight is 507 g/mol. The maximum absolute atomic E-state index is 11.4. The molecule has 2 aromatic carbocycles. The second-order valence-corrected chi connectivity index (χ2v) is 9.00. The number of carboxylic acid groups (broad SMARTS) is 1. The summed E-state index contributed by atoms with van der Waals surface area (Å²) in [7, 11) is 0. The fourth-order valence-corrected chi connectivity index (χ4v) is 4.75. The third-order valence-electron chi connectivity index (χ3n) is 6.94. The van der Waals surface area contributed by atoms with Crippen LogP contribution >= 0.6 is 0 Å². The Morgan fingerprint density at radius 3 is 2.00 bits per heavy atom. The standard InChI is InChI=1S/C27H30N4O6/c1-3-27(4-2,17-5-9-20(10-6-17)36-22-15-19(16-22)28-26(33)34)18-7-11-21(12-8-18)37-24-14-13-23(29-30-24)25(32)31-35/h5-14,19,22,28,35H,3-4,15-16H2,1-2H3,(H,31,32)(H,33,34). The van der Waals surface area contributed by atoms with Crippen molar-refractivity contribution >= 4 is 12.0 Å². The predicted octanol–water partition coefficient (Wildman–Crippen LogP) is 4.67. The van der Waals surface area contributed by atoms with Gasteiger partial charge >= 0.3 is 6.09 Å². The van der Waals surface area contributed by atoms with Crippen molar-refractivity contribution in [1.82, 2.24) is 21.0 Å². The van der Waals surface area contributed by atoms with Crippen LogP contribution in [0, 0.1) is 0 Å². The van der Waals surface area contributed by atoms with Crippen molar-refractivity contribution in [2.45, 2.75) is 57.1 Å². The monoisotopic (exact) mass is 506 g/mol. The summed E-state index contributed by atoms with van der Waals surface area (Å²) in [4.78, 5) is 22.1. The molecule has 2 amide bonds. The fraction of sp³-hybridized carbons (Fsp3) is 0.333. The quantitative estimate of drug-likeness (QED) is 0.229. The molecule has 1 aliphatic rings. The predicted molar refractivity (Wildman–Crippen MR) is 134 cm³/mol. The number of benzene rings is 2. The first-order valence-electron chi connectivity index (χ1n) is 12.2. The number of nitrogens with one attached hydrogen (secondary N) is 2. The molecule has 0 unspecified atom stereocenters. The smallest absolute Gasteiger partial charge is 0.404 e. The number of hydrogen-bond acceptors (Lipinski definition) is 7. The minimum atomic E-state index is -1.00. The Kier molecular flexibility index (Phi) is 7.88. The van der Waals surface area contributed by atoms with Gasteiger partial charge in [0, 0.05) is 30.4 Å². The van der Waals surface area contributed by atoms with Crippen molar-refractivity contribution in [3.63, 3.8) is 0 Å². The van der Waals surface area contributed by atoms with E-state index in [1.165, 1.54) is 23.2 Å². The van der Waals surface area contributed by atoms with Crippen LogP contribution in [-0.4, -0.2) is 44.7 Å². The Morgan fingerprint density at radius 1 is 0.919 bits per heavy atom.